The van der Waals surface area contributed by atoms with Crippen LogP contribution in [0.2, 0.25) is 0 Å². The summed E-state index contributed by atoms with van der Waals surface area (Å²) in [6.45, 7) is 2.19. The van der Waals surface area contributed by atoms with Gasteiger partial charge < -0.3 is 52.6 Å². The van der Waals surface area contributed by atoms with Crippen molar-refractivity contribution in [2.75, 3.05) is 6.61 Å². The number of carboxylic acid groups (broad SMARTS) is 2. The quantitative estimate of drug-likeness (QED) is 0.0697. The molecule has 0 saturated carbocycles. The van der Waals surface area contributed by atoms with Gasteiger partial charge in [-0.3, -0.25) is 28.8 Å². The van der Waals surface area contributed by atoms with Crippen molar-refractivity contribution in [1.82, 2.24) is 31.6 Å². The summed E-state index contributed by atoms with van der Waals surface area (Å²) in [5, 5.41) is 40.7. The molecular weight excluding hydrogens is 666 g/mol. The van der Waals surface area contributed by atoms with Crippen LogP contribution in [-0.2, 0) is 46.4 Å². The van der Waals surface area contributed by atoms with Gasteiger partial charge in [0.2, 0.25) is 29.5 Å². The summed E-state index contributed by atoms with van der Waals surface area (Å²) in [6, 6.07) is 8.00. The summed E-state index contributed by atoms with van der Waals surface area (Å²) in [6.07, 6.45) is 0.662. The molecule has 0 radical (unpaired) electrons. The lowest BCUT2D eigenvalue weighted by molar-refractivity contribution is -0.142. The lowest BCUT2D eigenvalue weighted by Crippen LogP contribution is -2.58. The Kier molecular flexibility index (Phi) is 14.6. The Morgan fingerprint density at radius 1 is 0.686 bits per heavy atom. The molecule has 0 aliphatic carbocycles. The van der Waals surface area contributed by atoms with E-state index in [0.29, 0.717) is 11.1 Å². The molecule has 0 spiro atoms. The van der Waals surface area contributed by atoms with Crippen LogP contribution in [0.4, 0.5) is 0 Å². The molecule has 11 N–H and O–H groups in total. The van der Waals surface area contributed by atoms with E-state index in [0.717, 1.165) is 10.9 Å². The van der Waals surface area contributed by atoms with Crippen molar-refractivity contribution in [2.24, 2.45) is 5.73 Å². The number of H-pyrrole nitrogens is 1. The topological polar surface area (TPSA) is 282 Å². The van der Waals surface area contributed by atoms with Gasteiger partial charge in [0.15, 0.2) is 0 Å². The highest BCUT2D eigenvalue weighted by atomic mass is 16.4. The van der Waals surface area contributed by atoms with Crippen LogP contribution in [0, 0.1) is 0 Å². The number of nitrogens with two attached hydrogens (primary N) is 1. The number of fused-ring (bicyclic) bond motifs is 1. The summed E-state index contributed by atoms with van der Waals surface area (Å²) >= 11 is 0. The van der Waals surface area contributed by atoms with Crippen LogP contribution in [-0.4, -0.2) is 105 Å². The molecule has 5 amide bonds. The number of aliphatic hydroxyl groups excluding tert-OH is 1. The number of aliphatic hydroxyl groups is 1. The molecule has 0 unspecified atom stereocenters. The fraction of sp³-hybridized carbons (Fsp3) is 0.382. The monoisotopic (exact) mass is 709 g/mol. The van der Waals surface area contributed by atoms with Crippen LogP contribution in [0.1, 0.15) is 37.8 Å². The number of para-hydroxylation sites is 1. The van der Waals surface area contributed by atoms with E-state index in [4.69, 9.17) is 10.8 Å². The molecule has 3 rings (SSSR count). The molecule has 17 nitrogen and oxygen atoms in total. The van der Waals surface area contributed by atoms with E-state index in [9.17, 15) is 43.8 Å². The van der Waals surface area contributed by atoms with Crippen LogP contribution in [0.15, 0.2) is 60.8 Å². The van der Waals surface area contributed by atoms with E-state index in [1.54, 1.807) is 42.6 Å². The van der Waals surface area contributed by atoms with Crippen LogP contribution in [0.3, 0.4) is 0 Å². The molecule has 1 heterocycles. The van der Waals surface area contributed by atoms with Gasteiger partial charge in [0.05, 0.1) is 12.5 Å². The Labute approximate surface area is 292 Å². The Hall–Kier alpha value is -5.81. The van der Waals surface area contributed by atoms with E-state index in [-0.39, 0.29) is 19.3 Å². The van der Waals surface area contributed by atoms with E-state index in [2.05, 4.69) is 31.6 Å². The molecule has 0 saturated heterocycles. The standard InChI is InChI=1S/C34H43N7O10/c1-18(38-32(48)27(41-31(47)23(35)16-28(43)44)15-21-17-36-24-11-7-6-10-22(21)24)29(45)37-19(2)30(46)40-26(14-20-8-4-3-5-9-20)33(49)39-25(12-13-42)34(50)51/h3-11,17-19,23,25-27,36,42H,12-16,35H2,1-2H3,(H,37,45)(H,38,48)(H,39,49)(H,40,46)(H,41,47)(H,43,44)(H,50,51)/t18-,19-,23-,25-,26-,27-/m0/s1. The summed E-state index contributed by atoms with van der Waals surface area (Å²) in [7, 11) is 0. The van der Waals surface area contributed by atoms with Crippen molar-refractivity contribution < 1.29 is 48.9 Å². The van der Waals surface area contributed by atoms with Crippen LogP contribution in [0.25, 0.3) is 10.9 Å². The maximum absolute atomic E-state index is 13.4. The van der Waals surface area contributed by atoms with Crippen molar-refractivity contribution in [3.8, 4) is 0 Å². The molecule has 2 aromatic carbocycles. The zero-order chi connectivity index (χ0) is 37.7. The van der Waals surface area contributed by atoms with E-state index < -0.39 is 90.8 Å². The third-order valence-electron chi connectivity index (χ3n) is 7.92. The van der Waals surface area contributed by atoms with Gasteiger partial charge in [0.1, 0.15) is 30.2 Å². The third-order valence-corrected chi connectivity index (χ3v) is 7.92. The number of hydrogen-bond donors (Lipinski definition) is 10. The highest BCUT2D eigenvalue weighted by Crippen LogP contribution is 2.19. The Bertz CT molecular complexity index is 1710. The van der Waals surface area contributed by atoms with Gasteiger partial charge in [0.25, 0.3) is 0 Å². The van der Waals surface area contributed by atoms with E-state index >= 15 is 0 Å². The minimum atomic E-state index is -1.45. The lowest BCUT2D eigenvalue weighted by atomic mass is 10.0. The summed E-state index contributed by atoms with van der Waals surface area (Å²) in [4.78, 5) is 91.3. The van der Waals surface area contributed by atoms with Crippen LogP contribution in [0.5, 0.6) is 0 Å². The molecule has 0 fully saturated rings. The second kappa shape index (κ2) is 18.8. The zero-order valence-electron chi connectivity index (χ0n) is 28.0. The summed E-state index contributed by atoms with van der Waals surface area (Å²) in [5.41, 5.74) is 7.79. The number of benzene rings is 2. The van der Waals surface area contributed by atoms with E-state index in [1.807, 2.05) is 18.2 Å². The van der Waals surface area contributed by atoms with Crippen LogP contribution >= 0.6 is 0 Å². The maximum atomic E-state index is 13.4. The fourth-order valence-corrected chi connectivity index (χ4v) is 5.09. The number of nitrogens with one attached hydrogen (secondary N) is 6. The SMILES string of the molecule is C[C@H](NC(=O)[C@H](C)NC(=O)[C@H](Cc1c[nH]c2ccccc12)NC(=O)[C@@H](N)CC(=O)O)C(=O)N[C@@H](Cc1ccccc1)C(=O)N[C@@H](CCO)C(=O)O. The smallest absolute Gasteiger partial charge is 0.326 e. The number of carbonyl (C=O) groups excluding carboxylic acids is 5. The Morgan fingerprint density at radius 3 is 1.84 bits per heavy atom. The number of amides is 5. The highest BCUT2D eigenvalue weighted by molar-refractivity contribution is 5.97. The van der Waals surface area contributed by atoms with Gasteiger partial charge in [-0.2, -0.15) is 0 Å². The van der Waals surface area contributed by atoms with Crippen molar-refractivity contribution >= 4 is 52.4 Å². The Morgan fingerprint density at radius 2 is 1.22 bits per heavy atom. The number of aromatic nitrogens is 1. The molecule has 0 aliphatic rings. The lowest BCUT2D eigenvalue weighted by Gasteiger charge is -2.25. The van der Waals surface area contributed by atoms with Crippen molar-refractivity contribution in [1.29, 1.82) is 0 Å². The first-order chi connectivity index (χ1) is 24.2. The molecule has 6 atom stereocenters. The highest BCUT2D eigenvalue weighted by Gasteiger charge is 2.31. The minimum absolute atomic E-state index is 0.0172. The first-order valence-corrected chi connectivity index (χ1v) is 16.1. The average molecular weight is 710 g/mol. The fourth-order valence-electron chi connectivity index (χ4n) is 5.09. The predicted molar refractivity (Wildman–Crippen MR) is 183 cm³/mol. The molecule has 274 valence electrons. The number of carbonyl (C=O) groups is 7. The summed E-state index contributed by atoms with van der Waals surface area (Å²) in [5.74, 6) is -6.75. The first-order valence-electron chi connectivity index (χ1n) is 16.1. The number of aliphatic carboxylic acids is 2. The third kappa shape index (κ3) is 11.9. The summed E-state index contributed by atoms with van der Waals surface area (Å²) < 4.78 is 0. The van der Waals surface area contributed by atoms with E-state index in [1.165, 1.54) is 13.8 Å². The molecule has 0 bridgehead atoms. The number of hydrogen-bond acceptors (Lipinski definition) is 9. The van der Waals surface area contributed by atoms with Crippen molar-refractivity contribution in [3.63, 3.8) is 0 Å². The molecule has 51 heavy (non-hydrogen) atoms. The molecule has 3 aromatic rings. The second-order valence-electron chi connectivity index (χ2n) is 12.0. The second-order valence-corrected chi connectivity index (χ2v) is 12.0. The first kappa shape index (κ1) is 39.6. The molecule has 0 aliphatic heterocycles. The van der Waals surface area contributed by atoms with Crippen LogP contribution < -0.4 is 32.3 Å². The molecule has 17 heteroatoms. The molecular formula is C34H43N7O10. The molecule has 1 aromatic heterocycles. The average Bonchev–Trinajstić information content (AvgIpc) is 3.49. The van der Waals surface area contributed by atoms with Gasteiger partial charge >= 0.3 is 11.9 Å². The minimum Gasteiger partial charge on any atom is -0.481 e. The number of carboxylic acids is 2. The normalized spacial score (nSPS) is 14.5. The Balaban J connectivity index is 1.69. The van der Waals surface area contributed by atoms with Gasteiger partial charge in [-0.15, -0.1) is 0 Å². The number of rotatable bonds is 19. The largest absolute Gasteiger partial charge is 0.481 e. The van der Waals surface area contributed by atoms with Gasteiger partial charge in [-0.25, -0.2) is 4.79 Å². The number of aromatic amines is 1. The van der Waals surface area contributed by atoms with Crippen molar-refractivity contribution in [2.45, 2.75) is 75.8 Å². The van der Waals surface area contributed by atoms with Crippen molar-refractivity contribution in [3.05, 3.63) is 71.9 Å². The maximum Gasteiger partial charge on any atom is 0.326 e. The zero-order valence-corrected chi connectivity index (χ0v) is 28.0. The van der Waals surface area contributed by atoms with Gasteiger partial charge in [0, 0.05) is 43.0 Å². The van der Waals surface area contributed by atoms with Gasteiger partial charge in [-0.1, -0.05) is 48.5 Å². The van der Waals surface area contributed by atoms with Gasteiger partial charge in [-0.05, 0) is 31.0 Å². The predicted octanol–water partition coefficient (Wildman–Crippen LogP) is -1.31.